The molecule has 0 saturated heterocycles. The van der Waals surface area contributed by atoms with Crippen molar-refractivity contribution in [3.05, 3.63) is 82.9 Å². The van der Waals surface area contributed by atoms with Gasteiger partial charge in [0.1, 0.15) is 23.0 Å². The highest BCUT2D eigenvalue weighted by molar-refractivity contribution is 7.89. The van der Waals surface area contributed by atoms with E-state index in [1.54, 1.807) is 31.4 Å². The maximum Gasteiger partial charge on any atom is 0.255 e. The molecule has 3 N–H and O–H groups in total. The van der Waals surface area contributed by atoms with Gasteiger partial charge in [0.25, 0.3) is 5.91 Å². The number of anilines is 1. The molecule has 31 heavy (non-hydrogen) atoms. The zero-order valence-electron chi connectivity index (χ0n) is 17.5. The van der Waals surface area contributed by atoms with Gasteiger partial charge in [-0.15, -0.1) is 0 Å². The van der Waals surface area contributed by atoms with Crippen molar-refractivity contribution < 1.29 is 22.7 Å². The molecule has 0 fully saturated rings. The maximum absolute atomic E-state index is 12.5. The number of primary sulfonamides is 1. The van der Waals surface area contributed by atoms with E-state index in [0.717, 1.165) is 16.7 Å². The third-order valence-corrected chi connectivity index (χ3v) is 5.70. The summed E-state index contributed by atoms with van der Waals surface area (Å²) in [6.45, 7) is 4.07. The second-order valence-corrected chi connectivity index (χ2v) is 8.64. The van der Waals surface area contributed by atoms with Crippen LogP contribution in [0.25, 0.3) is 0 Å². The molecule has 0 aromatic heterocycles. The Morgan fingerprint density at radius 1 is 1.00 bits per heavy atom. The van der Waals surface area contributed by atoms with E-state index in [0.29, 0.717) is 17.0 Å². The Bertz CT molecular complexity index is 1210. The molecule has 0 unspecified atom stereocenters. The zero-order valence-corrected chi connectivity index (χ0v) is 18.3. The predicted octanol–water partition coefficient (Wildman–Crippen LogP) is 3.79. The molecular weight excluding hydrogens is 416 g/mol. The average molecular weight is 441 g/mol. The van der Waals surface area contributed by atoms with Crippen molar-refractivity contribution in [3.8, 4) is 11.5 Å². The van der Waals surface area contributed by atoms with Crippen molar-refractivity contribution in [1.82, 2.24) is 0 Å². The molecule has 0 atom stereocenters. The molecule has 1 amide bonds. The van der Waals surface area contributed by atoms with Gasteiger partial charge in [0.05, 0.1) is 7.11 Å². The minimum Gasteiger partial charge on any atom is -0.497 e. The second-order valence-electron chi connectivity index (χ2n) is 7.11. The lowest BCUT2D eigenvalue weighted by molar-refractivity contribution is 0.102. The number of carbonyl (C=O) groups excluding carboxylic acids is 1. The molecule has 3 rings (SSSR count). The van der Waals surface area contributed by atoms with Crippen molar-refractivity contribution in [1.29, 1.82) is 0 Å². The average Bonchev–Trinajstić information content (AvgIpc) is 2.73. The second kappa shape index (κ2) is 9.20. The Morgan fingerprint density at radius 2 is 1.71 bits per heavy atom. The standard InChI is InChI=1S/C23H24N2O5S/c1-15-4-5-16(2)18(12-15)14-30-21-13-19(8-11-22(21)31(24,27)28)25-23(26)17-6-9-20(29-3)10-7-17/h4-13H,14H2,1-3H3,(H,25,26)(H2,24,27,28). The van der Waals surface area contributed by atoms with Gasteiger partial charge in [0, 0.05) is 17.3 Å². The molecule has 0 radical (unpaired) electrons. The molecule has 8 heteroatoms. The number of benzene rings is 3. The van der Waals surface area contributed by atoms with Crippen LogP contribution < -0.4 is 19.9 Å². The number of nitrogens with one attached hydrogen (secondary N) is 1. The van der Waals surface area contributed by atoms with Gasteiger partial charge >= 0.3 is 0 Å². The molecule has 0 spiro atoms. The highest BCUT2D eigenvalue weighted by atomic mass is 32.2. The molecule has 0 aliphatic heterocycles. The summed E-state index contributed by atoms with van der Waals surface area (Å²) in [5.41, 5.74) is 3.81. The molecular formula is C23H24N2O5S. The van der Waals surface area contributed by atoms with E-state index in [-0.39, 0.29) is 23.2 Å². The van der Waals surface area contributed by atoms with Gasteiger partial charge < -0.3 is 14.8 Å². The highest BCUT2D eigenvalue weighted by Crippen LogP contribution is 2.28. The van der Waals surface area contributed by atoms with Crippen molar-refractivity contribution in [2.45, 2.75) is 25.3 Å². The van der Waals surface area contributed by atoms with Crippen LogP contribution in [0.3, 0.4) is 0 Å². The lowest BCUT2D eigenvalue weighted by Gasteiger charge is -2.14. The van der Waals surface area contributed by atoms with Crippen LogP contribution in [0.1, 0.15) is 27.0 Å². The minimum atomic E-state index is -4.01. The maximum atomic E-state index is 12.5. The number of nitrogens with two attached hydrogens (primary N) is 1. The first kappa shape index (κ1) is 22.3. The minimum absolute atomic E-state index is 0.0657. The summed E-state index contributed by atoms with van der Waals surface area (Å²) in [5.74, 6) is 0.346. The van der Waals surface area contributed by atoms with Gasteiger partial charge in [0.15, 0.2) is 0 Å². The highest BCUT2D eigenvalue weighted by Gasteiger charge is 2.17. The summed E-state index contributed by atoms with van der Waals surface area (Å²) in [5, 5.41) is 8.08. The fourth-order valence-corrected chi connectivity index (χ4v) is 3.65. The lowest BCUT2D eigenvalue weighted by Crippen LogP contribution is -2.15. The van der Waals surface area contributed by atoms with Crippen LogP contribution in [0.5, 0.6) is 11.5 Å². The van der Waals surface area contributed by atoms with E-state index in [1.165, 1.54) is 18.2 Å². The quantitative estimate of drug-likeness (QED) is 0.581. The number of ether oxygens (including phenoxy) is 2. The third kappa shape index (κ3) is 5.62. The number of carbonyl (C=O) groups is 1. The van der Waals surface area contributed by atoms with Crippen LogP contribution >= 0.6 is 0 Å². The normalized spacial score (nSPS) is 11.1. The molecule has 3 aromatic rings. The summed E-state index contributed by atoms with van der Waals surface area (Å²) in [6, 6.07) is 16.8. The Balaban J connectivity index is 1.85. The van der Waals surface area contributed by atoms with Crippen LogP contribution in [0.4, 0.5) is 5.69 Å². The number of rotatable bonds is 7. The Kier molecular flexibility index (Phi) is 6.62. The lowest BCUT2D eigenvalue weighted by atomic mass is 10.1. The topological polar surface area (TPSA) is 108 Å². The van der Waals surface area contributed by atoms with E-state index >= 15 is 0 Å². The van der Waals surface area contributed by atoms with Crippen LogP contribution in [-0.4, -0.2) is 21.4 Å². The van der Waals surface area contributed by atoms with Crippen molar-refractivity contribution >= 4 is 21.6 Å². The molecule has 3 aromatic carbocycles. The number of hydrogen-bond acceptors (Lipinski definition) is 5. The monoisotopic (exact) mass is 440 g/mol. The predicted molar refractivity (Wildman–Crippen MR) is 119 cm³/mol. The number of amides is 1. The summed E-state index contributed by atoms with van der Waals surface area (Å²) in [4.78, 5) is 12.4. The first-order chi connectivity index (χ1) is 14.7. The van der Waals surface area contributed by atoms with Gasteiger partial charge in [-0.25, -0.2) is 13.6 Å². The fraction of sp³-hybridized carbons (Fsp3) is 0.174. The van der Waals surface area contributed by atoms with Gasteiger partial charge in [-0.1, -0.05) is 23.8 Å². The van der Waals surface area contributed by atoms with Crippen LogP contribution in [-0.2, 0) is 16.6 Å². The van der Waals surface area contributed by atoms with Gasteiger partial charge in [0.2, 0.25) is 10.0 Å². The SMILES string of the molecule is COc1ccc(C(=O)Nc2ccc(S(N)(=O)=O)c(OCc3cc(C)ccc3C)c2)cc1. The van der Waals surface area contributed by atoms with Crippen LogP contribution in [0, 0.1) is 13.8 Å². The molecule has 0 bridgehead atoms. The van der Waals surface area contributed by atoms with Gasteiger partial charge in [-0.05, 0) is 61.4 Å². The Labute approximate surface area is 181 Å². The zero-order chi connectivity index (χ0) is 22.6. The smallest absolute Gasteiger partial charge is 0.255 e. The van der Waals surface area contributed by atoms with E-state index in [1.807, 2.05) is 32.0 Å². The Morgan fingerprint density at radius 3 is 2.35 bits per heavy atom. The number of aryl methyl sites for hydroxylation is 2. The van der Waals surface area contributed by atoms with E-state index in [4.69, 9.17) is 14.6 Å². The largest absolute Gasteiger partial charge is 0.497 e. The van der Waals surface area contributed by atoms with Crippen molar-refractivity contribution in [2.75, 3.05) is 12.4 Å². The van der Waals surface area contributed by atoms with Crippen molar-refractivity contribution in [3.63, 3.8) is 0 Å². The first-order valence-corrected chi connectivity index (χ1v) is 11.0. The summed E-state index contributed by atoms with van der Waals surface area (Å²) < 4.78 is 34.9. The number of hydrogen-bond donors (Lipinski definition) is 2. The molecule has 162 valence electrons. The summed E-state index contributed by atoms with van der Waals surface area (Å²) >= 11 is 0. The van der Waals surface area contributed by atoms with E-state index < -0.39 is 10.0 Å². The van der Waals surface area contributed by atoms with E-state index in [9.17, 15) is 13.2 Å². The van der Waals surface area contributed by atoms with Crippen LogP contribution in [0.2, 0.25) is 0 Å². The molecule has 0 heterocycles. The summed E-state index contributed by atoms with van der Waals surface area (Å²) in [6.07, 6.45) is 0. The molecule has 0 aliphatic carbocycles. The molecule has 0 aliphatic rings. The van der Waals surface area contributed by atoms with E-state index in [2.05, 4.69) is 5.32 Å². The van der Waals surface area contributed by atoms with Gasteiger partial charge in [-0.3, -0.25) is 4.79 Å². The Hall–Kier alpha value is -3.36. The third-order valence-electron chi connectivity index (χ3n) is 4.75. The number of methoxy groups -OCH3 is 1. The summed E-state index contributed by atoms with van der Waals surface area (Å²) in [7, 11) is -2.47. The van der Waals surface area contributed by atoms with Gasteiger partial charge in [-0.2, -0.15) is 0 Å². The number of sulfonamides is 1. The molecule has 7 nitrogen and oxygen atoms in total. The van der Waals surface area contributed by atoms with Crippen molar-refractivity contribution in [2.24, 2.45) is 5.14 Å². The van der Waals surface area contributed by atoms with Crippen LogP contribution in [0.15, 0.2) is 65.6 Å². The molecule has 0 saturated carbocycles. The fourth-order valence-electron chi connectivity index (χ4n) is 2.99. The first-order valence-electron chi connectivity index (χ1n) is 9.48.